The number of hydrogen-bond donors (Lipinski definition) is 0. The molecule has 6 heteroatoms. The van der Waals surface area contributed by atoms with Gasteiger partial charge in [-0.15, -0.1) is 0 Å². The molecule has 0 bridgehead atoms. The fraction of sp³-hybridized carbons (Fsp3) is 0.385. The van der Waals surface area contributed by atoms with Crippen molar-refractivity contribution in [1.29, 1.82) is 0 Å². The highest BCUT2D eigenvalue weighted by Gasteiger charge is 2.06. The summed E-state index contributed by atoms with van der Waals surface area (Å²) in [5, 5.41) is 4.97. The molecule has 2 aromatic rings. The monoisotopic (exact) mass is 387 g/mol. The van der Waals surface area contributed by atoms with Crippen LogP contribution in [0.4, 0.5) is 0 Å². The molecule has 4 nitrogen and oxygen atoms in total. The van der Waals surface area contributed by atoms with Gasteiger partial charge in [0.2, 0.25) is 0 Å². The smallest absolute Gasteiger partial charge is 0.164 e. The molecule has 0 saturated carbocycles. The number of halogens is 2. The molecule has 0 aliphatic carbocycles. The second kappa shape index (κ2) is 7.05. The highest BCUT2D eigenvalue weighted by molar-refractivity contribution is 9.10. The lowest BCUT2D eigenvalue weighted by Crippen LogP contribution is -2.08. The first-order valence-corrected chi connectivity index (χ1v) is 8.00. The van der Waals surface area contributed by atoms with E-state index >= 15 is 0 Å². The fourth-order valence-corrected chi connectivity index (χ4v) is 2.92. The molecule has 0 saturated heterocycles. The number of nitrogens with zero attached hydrogens (tertiary/aromatic N) is 3. The highest BCUT2D eigenvalue weighted by Crippen LogP contribution is 2.24. The van der Waals surface area contributed by atoms with E-state index in [0.29, 0.717) is 6.61 Å². The Morgan fingerprint density at radius 1 is 1.37 bits per heavy atom. The molecule has 1 aromatic heterocycles. The number of ether oxygens (including phenoxy) is 1. The summed E-state index contributed by atoms with van der Waals surface area (Å²) in [4.78, 5) is 4.22. The van der Waals surface area contributed by atoms with Crippen LogP contribution >= 0.6 is 31.9 Å². The van der Waals surface area contributed by atoms with Crippen LogP contribution in [0.15, 0.2) is 29.0 Å². The minimum atomic E-state index is 0.434. The molecule has 0 aliphatic rings. The summed E-state index contributed by atoms with van der Waals surface area (Å²) in [5.41, 5.74) is 1.16. The van der Waals surface area contributed by atoms with E-state index in [1.807, 2.05) is 22.9 Å². The topological polar surface area (TPSA) is 39.9 Å². The molecule has 0 radical (unpaired) electrons. The van der Waals surface area contributed by atoms with Crippen molar-refractivity contribution >= 4 is 31.9 Å². The fourth-order valence-electron chi connectivity index (χ4n) is 1.69. The maximum atomic E-state index is 5.77. The summed E-state index contributed by atoms with van der Waals surface area (Å²) in [7, 11) is 0. The Morgan fingerprint density at radius 3 is 2.95 bits per heavy atom. The Bertz CT molecular complexity index is 542. The average Bonchev–Trinajstić information content (AvgIpc) is 2.86. The molecule has 102 valence electrons. The van der Waals surface area contributed by atoms with Crippen molar-refractivity contribution in [3.63, 3.8) is 0 Å². The van der Waals surface area contributed by atoms with E-state index in [9.17, 15) is 0 Å². The van der Waals surface area contributed by atoms with E-state index in [1.165, 1.54) is 0 Å². The Hall–Kier alpha value is -0.880. The van der Waals surface area contributed by atoms with Gasteiger partial charge in [-0.05, 0) is 30.2 Å². The first-order valence-electron chi connectivity index (χ1n) is 6.08. The number of rotatable bonds is 6. The molecule has 0 N–H and O–H groups in total. The van der Waals surface area contributed by atoms with Crippen LogP contribution in [0.25, 0.3) is 0 Å². The van der Waals surface area contributed by atoms with E-state index in [1.54, 1.807) is 6.33 Å². The van der Waals surface area contributed by atoms with Crippen LogP contribution < -0.4 is 4.74 Å². The van der Waals surface area contributed by atoms with Gasteiger partial charge < -0.3 is 4.74 Å². The molecule has 0 unspecified atom stereocenters. The number of benzene rings is 1. The summed E-state index contributed by atoms with van der Waals surface area (Å²) >= 11 is 6.95. The molecular formula is C13H15Br2N3O. The van der Waals surface area contributed by atoms with Gasteiger partial charge in [0.15, 0.2) is 5.82 Å². The highest BCUT2D eigenvalue weighted by atomic mass is 79.9. The minimum Gasteiger partial charge on any atom is -0.486 e. The molecule has 0 amide bonds. The van der Waals surface area contributed by atoms with Crippen LogP contribution in [-0.2, 0) is 18.5 Å². The van der Waals surface area contributed by atoms with Crippen molar-refractivity contribution in [1.82, 2.24) is 14.8 Å². The van der Waals surface area contributed by atoms with Gasteiger partial charge in [0.05, 0.1) is 0 Å². The lowest BCUT2D eigenvalue weighted by molar-refractivity contribution is 0.286. The van der Waals surface area contributed by atoms with Crippen LogP contribution in [0.3, 0.4) is 0 Å². The third-order valence-corrected chi connectivity index (χ3v) is 4.04. The second-order valence-corrected chi connectivity index (χ2v) is 5.49. The first-order chi connectivity index (χ1) is 9.24. The molecule has 1 heterocycles. The van der Waals surface area contributed by atoms with Crippen LogP contribution in [0.1, 0.15) is 24.7 Å². The van der Waals surface area contributed by atoms with E-state index in [-0.39, 0.29) is 0 Å². The number of hydrogen-bond acceptors (Lipinski definition) is 3. The molecule has 19 heavy (non-hydrogen) atoms. The maximum absolute atomic E-state index is 5.77. The van der Waals surface area contributed by atoms with Crippen molar-refractivity contribution in [2.75, 3.05) is 0 Å². The number of aryl methyl sites for hydroxylation is 1. The van der Waals surface area contributed by atoms with Gasteiger partial charge in [0.25, 0.3) is 0 Å². The van der Waals surface area contributed by atoms with Crippen molar-refractivity contribution in [3.05, 3.63) is 40.4 Å². The van der Waals surface area contributed by atoms with Crippen molar-refractivity contribution in [2.24, 2.45) is 0 Å². The minimum absolute atomic E-state index is 0.434. The summed E-state index contributed by atoms with van der Waals surface area (Å²) in [6.45, 7) is 3.42. The van der Waals surface area contributed by atoms with Crippen LogP contribution in [-0.4, -0.2) is 14.8 Å². The van der Waals surface area contributed by atoms with Gasteiger partial charge in [0, 0.05) is 16.3 Å². The molecule has 1 aromatic carbocycles. The van der Waals surface area contributed by atoms with Gasteiger partial charge in [0.1, 0.15) is 18.7 Å². The van der Waals surface area contributed by atoms with Gasteiger partial charge in [-0.2, -0.15) is 5.10 Å². The molecule has 0 aliphatic heterocycles. The zero-order valence-electron chi connectivity index (χ0n) is 10.6. The molecule has 0 fully saturated rings. The first kappa shape index (κ1) is 14.5. The Balaban J connectivity index is 2.04. The third kappa shape index (κ3) is 3.79. The van der Waals surface area contributed by atoms with Gasteiger partial charge in [-0.3, -0.25) is 0 Å². The Morgan fingerprint density at radius 2 is 2.21 bits per heavy atom. The standard InChI is InChI=1S/C13H15Br2N3O/c1-2-5-18-13(16-9-17-18)8-19-11-3-4-12(15)10(6-11)7-14/h3-4,6,9H,2,5,7-8H2,1H3. The average molecular weight is 389 g/mol. The zero-order valence-corrected chi connectivity index (χ0v) is 13.8. The normalized spacial score (nSPS) is 10.7. The quantitative estimate of drug-likeness (QED) is 0.704. The van der Waals surface area contributed by atoms with Gasteiger partial charge >= 0.3 is 0 Å². The number of alkyl halides is 1. The zero-order chi connectivity index (χ0) is 13.7. The van der Waals surface area contributed by atoms with Crippen molar-refractivity contribution in [3.8, 4) is 5.75 Å². The maximum Gasteiger partial charge on any atom is 0.164 e. The van der Waals surface area contributed by atoms with Crippen LogP contribution in [0.2, 0.25) is 0 Å². The Labute approximate surface area is 129 Å². The van der Waals surface area contributed by atoms with Gasteiger partial charge in [-0.25, -0.2) is 9.67 Å². The summed E-state index contributed by atoms with van der Waals surface area (Å²) in [6.07, 6.45) is 2.60. The third-order valence-electron chi connectivity index (χ3n) is 2.66. The van der Waals surface area contributed by atoms with E-state index in [4.69, 9.17) is 4.74 Å². The molecule has 2 rings (SSSR count). The van der Waals surface area contributed by atoms with Crippen molar-refractivity contribution < 1.29 is 4.74 Å². The van der Waals surface area contributed by atoms with Gasteiger partial charge in [-0.1, -0.05) is 38.8 Å². The van der Waals surface area contributed by atoms with Crippen LogP contribution in [0, 0.1) is 0 Å². The Kier molecular flexibility index (Phi) is 5.39. The largest absolute Gasteiger partial charge is 0.486 e. The van der Waals surface area contributed by atoms with E-state index < -0.39 is 0 Å². The van der Waals surface area contributed by atoms with E-state index in [0.717, 1.165) is 39.9 Å². The molecule has 0 spiro atoms. The summed E-state index contributed by atoms with van der Waals surface area (Å²) in [5.74, 6) is 1.69. The lowest BCUT2D eigenvalue weighted by Gasteiger charge is -2.09. The lowest BCUT2D eigenvalue weighted by atomic mass is 10.2. The number of aromatic nitrogens is 3. The molecule has 0 atom stereocenters. The second-order valence-electron chi connectivity index (χ2n) is 4.07. The predicted molar refractivity (Wildman–Crippen MR) is 81.4 cm³/mol. The van der Waals surface area contributed by atoms with Crippen molar-refractivity contribution in [2.45, 2.75) is 31.8 Å². The summed E-state index contributed by atoms with van der Waals surface area (Å²) < 4.78 is 8.72. The molecular weight excluding hydrogens is 374 g/mol. The van der Waals surface area contributed by atoms with E-state index in [2.05, 4.69) is 48.9 Å². The summed E-state index contributed by atoms with van der Waals surface area (Å²) in [6, 6.07) is 5.94. The van der Waals surface area contributed by atoms with Crippen LogP contribution in [0.5, 0.6) is 5.75 Å². The predicted octanol–water partition coefficient (Wildman–Crippen LogP) is 3.92. The SMILES string of the molecule is CCCn1ncnc1COc1ccc(Br)c(CBr)c1.